The number of pyridine rings is 1. The maximum absolute atomic E-state index is 10.8. The lowest BCUT2D eigenvalue weighted by Gasteiger charge is -2.22. The summed E-state index contributed by atoms with van der Waals surface area (Å²) in [6.07, 6.45) is 5.43. The topological polar surface area (TPSA) is 86.8 Å². The summed E-state index contributed by atoms with van der Waals surface area (Å²) in [6, 6.07) is 6.17. The van der Waals surface area contributed by atoms with Crippen LogP contribution in [-0.4, -0.2) is 25.4 Å². The highest BCUT2D eigenvalue weighted by Crippen LogP contribution is 2.50. The Morgan fingerprint density at radius 2 is 2.23 bits per heavy atom. The Balaban J connectivity index is 1.80. The minimum atomic E-state index is -0.969. The molecule has 2 aliphatic carbocycles. The molecule has 2 aliphatic rings. The van der Waals surface area contributed by atoms with Gasteiger partial charge in [0.1, 0.15) is 11.2 Å². The van der Waals surface area contributed by atoms with Gasteiger partial charge in [0.2, 0.25) is 0 Å². The van der Waals surface area contributed by atoms with E-state index in [1.54, 1.807) is 20.0 Å². The first-order chi connectivity index (χ1) is 12.4. The monoisotopic (exact) mass is 351 g/mol. The van der Waals surface area contributed by atoms with Gasteiger partial charge in [-0.05, 0) is 63.6 Å². The fraction of sp³-hybridized carbons (Fsp3) is 0.550. The van der Waals surface area contributed by atoms with E-state index in [1.807, 2.05) is 23.7 Å². The molecule has 1 fully saturated rings. The average Bonchev–Trinajstić information content (AvgIpc) is 3.25. The van der Waals surface area contributed by atoms with Gasteiger partial charge in [0.25, 0.3) is 0 Å². The minimum Gasteiger partial charge on any atom is -0.373 e. The van der Waals surface area contributed by atoms with Crippen molar-refractivity contribution in [1.82, 2.24) is 20.1 Å². The highest BCUT2D eigenvalue weighted by molar-refractivity contribution is 5.42. The number of nitriles is 1. The summed E-state index contributed by atoms with van der Waals surface area (Å²) < 4.78 is 1.93. The molecule has 1 unspecified atom stereocenters. The molecule has 0 spiro atoms. The third-order valence-corrected chi connectivity index (χ3v) is 5.68. The van der Waals surface area contributed by atoms with Crippen LogP contribution >= 0.6 is 0 Å². The standard InChI is InChI=1S/C20H25N5O/c1-12-7-8-22-16(9-12)25-18-14-6-4-5-13(14)10-15(18)17(24-25)19(26)23-20(2,3)11-21/h7-9,13-14,19,23,26H,4-6,10H2,1-3H3/t13-,14+,19?/m0/s1. The van der Waals surface area contributed by atoms with Crippen LogP contribution in [0.5, 0.6) is 0 Å². The van der Waals surface area contributed by atoms with Gasteiger partial charge in [0, 0.05) is 17.7 Å². The molecule has 0 aliphatic heterocycles. The van der Waals surface area contributed by atoms with Gasteiger partial charge in [-0.15, -0.1) is 0 Å². The van der Waals surface area contributed by atoms with E-state index in [0.29, 0.717) is 17.5 Å². The zero-order chi connectivity index (χ0) is 18.5. The lowest BCUT2D eigenvalue weighted by Crippen LogP contribution is -2.40. The molecule has 0 bridgehead atoms. The first kappa shape index (κ1) is 17.2. The van der Waals surface area contributed by atoms with Crippen LogP contribution in [0.3, 0.4) is 0 Å². The van der Waals surface area contributed by atoms with E-state index in [4.69, 9.17) is 5.10 Å². The van der Waals surface area contributed by atoms with Gasteiger partial charge >= 0.3 is 0 Å². The van der Waals surface area contributed by atoms with Gasteiger partial charge in [-0.25, -0.2) is 9.67 Å². The molecule has 0 aromatic carbocycles. The Kier molecular flexibility index (Phi) is 4.09. The molecular formula is C20H25N5O. The summed E-state index contributed by atoms with van der Waals surface area (Å²) in [5, 5.41) is 27.8. The summed E-state index contributed by atoms with van der Waals surface area (Å²) in [5.74, 6) is 1.92. The summed E-state index contributed by atoms with van der Waals surface area (Å²) >= 11 is 0. The second kappa shape index (κ2) is 6.19. The van der Waals surface area contributed by atoms with E-state index in [-0.39, 0.29) is 0 Å². The lowest BCUT2D eigenvalue weighted by molar-refractivity contribution is 0.110. The number of aliphatic hydroxyl groups is 1. The highest BCUT2D eigenvalue weighted by Gasteiger charge is 2.42. The second-order valence-corrected chi connectivity index (χ2v) is 8.14. The second-order valence-electron chi connectivity index (χ2n) is 8.14. The predicted octanol–water partition coefficient (Wildman–Crippen LogP) is 2.90. The van der Waals surface area contributed by atoms with Crippen molar-refractivity contribution in [1.29, 1.82) is 5.26 Å². The van der Waals surface area contributed by atoms with Crippen LogP contribution in [0.2, 0.25) is 0 Å². The number of fused-ring (bicyclic) bond motifs is 3. The fourth-order valence-electron chi connectivity index (χ4n) is 4.45. The van der Waals surface area contributed by atoms with Gasteiger partial charge < -0.3 is 5.11 Å². The van der Waals surface area contributed by atoms with Crippen LogP contribution in [-0.2, 0) is 6.42 Å². The molecule has 2 aromatic rings. The predicted molar refractivity (Wildman–Crippen MR) is 97.7 cm³/mol. The Hall–Kier alpha value is -2.23. The third-order valence-electron chi connectivity index (χ3n) is 5.68. The molecule has 2 aromatic heterocycles. The van der Waals surface area contributed by atoms with Crippen LogP contribution in [0.25, 0.3) is 5.82 Å². The smallest absolute Gasteiger partial charge is 0.153 e. The van der Waals surface area contributed by atoms with Crippen molar-refractivity contribution in [2.45, 2.75) is 64.1 Å². The molecule has 1 saturated carbocycles. The summed E-state index contributed by atoms with van der Waals surface area (Å²) in [6.45, 7) is 5.55. The first-order valence-electron chi connectivity index (χ1n) is 9.31. The number of aryl methyl sites for hydroxylation is 1. The van der Waals surface area contributed by atoms with Crippen LogP contribution in [0.1, 0.15) is 67.8 Å². The zero-order valence-electron chi connectivity index (χ0n) is 15.5. The molecule has 3 atom stereocenters. The normalized spacial score (nSPS) is 22.7. The average molecular weight is 351 g/mol. The molecule has 136 valence electrons. The van der Waals surface area contributed by atoms with Crippen molar-refractivity contribution in [2.24, 2.45) is 5.92 Å². The molecule has 0 saturated heterocycles. The Labute approximate surface area is 153 Å². The van der Waals surface area contributed by atoms with Crippen molar-refractivity contribution in [3.05, 3.63) is 40.8 Å². The molecule has 0 radical (unpaired) electrons. The molecule has 26 heavy (non-hydrogen) atoms. The first-order valence-corrected chi connectivity index (χ1v) is 9.31. The lowest BCUT2D eigenvalue weighted by atomic mass is 9.99. The molecular weight excluding hydrogens is 326 g/mol. The zero-order valence-corrected chi connectivity index (χ0v) is 15.5. The number of aliphatic hydroxyl groups excluding tert-OH is 1. The van der Waals surface area contributed by atoms with E-state index >= 15 is 0 Å². The van der Waals surface area contributed by atoms with Crippen LogP contribution in [0.4, 0.5) is 0 Å². The quantitative estimate of drug-likeness (QED) is 0.827. The number of nitrogens with zero attached hydrogens (tertiary/aromatic N) is 4. The summed E-state index contributed by atoms with van der Waals surface area (Å²) in [4.78, 5) is 4.51. The molecule has 2 N–H and O–H groups in total. The number of nitrogens with one attached hydrogen (secondary N) is 1. The number of rotatable bonds is 4. The van der Waals surface area contributed by atoms with Crippen LogP contribution in [0.15, 0.2) is 18.3 Å². The SMILES string of the molecule is Cc1ccnc(-n2nc(C(O)NC(C)(C)C#N)c3c2[C@@H]2CCC[C@H]2C3)c1. The molecule has 0 amide bonds. The molecule has 6 heteroatoms. The van der Waals surface area contributed by atoms with Crippen molar-refractivity contribution in [3.63, 3.8) is 0 Å². The molecule has 6 nitrogen and oxygen atoms in total. The maximum Gasteiger partial charge on any atom is 0.153 e. The van der Waals surface area contributed by atoms with Crippen molar-refractivity contribution >= 4 is 0 Å². The van der Waals surface area contributed by atoms with E-state index in [9.17, 15) is 10.4 Å². The summed E-state index contributed by atoms with van der Waals surface area (Å²) in [5.41, 5.74) is 3.28. The Bertz CT molecular complexity index is 879. The minimum absolute atomic E-state index is 0.490. The van der Waals surface area contributed by atoms with Crippen LogP contribution in [0, 0.1) is 24.2 Å². The van der Waals surface area contributed by atoms with Crippen molar-refractivity contribution < 1.29 is 5.11 Å². The van der Waals surface area contributed by atoms with Crippen molar-refractivity contribution in [3.8, 4) is 11.9 Å². The van der Waals surface area contributed by atoms with Gasteiger partial charge in [0.15, 0.2) is 12.0 Å². The number of hydrogen-bond acceptors (Lipinski definition) is 5. The van der Waals surface area contributed by atoms with E-state index in [0.717, 1.165) is 23.4 Å². The van der Waals surface area contributed by atoms with Gasteiger partial charge in [-0.2, -0.15) is 10.4 Å². The molecule has 4 rings (SSSR count). The van der Waals surface area contributed by atoms with Crippen molar-refractivity contribution in [2.75, 3.05) is 0 Å². The van der Waals surface area contributed by atoms with E-state index < -0.39 is 11.8 Å². The van der Waals surface area contributed by atoms with E-state index in [1.165, 1.54) is 25.0 Å². The van der Waals surface area contributed by atoms with Gasteiger partial charge in [-0.1, -0.05) is 6.42 Å². The molecule has 2 heterocycles. The number of hydrogen-bond donors (Lipinski definition) is 2. The largest absolute Gasteiger partial charge is 0.373 e. The van der Waals surface area contributed by atoms with E-state index in [2.05, 4.69) is 16.4 Å². The number of aromatic nitrogens is 3. The summed E-state index contributed by atoms with van der Waals surface area (Å²) in [7, 11) is 0. The van der Waals surface area contributed by atoms with Gasteiger partial charge in [0.05, 0.1) is 11.8 Å². The van der Waals surface area contributed by atoms with Crippen LogP contribution < -0.4 is 5.32 Å². The maximum atomic E-state index is 10.8. The Morgan fingerprint density at radius 1 is 1.42 bits per heavy atom. The fourth-order valence-corrected chi connectivity index (χ4v) is 4.45. The Morgan fingerprint density at radius 3 is 2.96 bits per heavy atom. The highest BCUT2D eigenvalue weighted by atomic mass is 16.3. The van der Waals surface area contributed by atoms with Gasteiger partial charge in [-0.3, -0.25) is 5.32 Å². The third kappa shape index (κ3) is 2.81.